The Kier molecular flexibility index (Phi) is 8.86. The second-order valence-electron chi connectivity index (χ2n) is 7.58. The summed E-state index contributed by atoms with van der Waals surface area (Å²) in [6, 6.07) is 18.4. The van der Waals surface area contributed by atoms with Crippen molar-refractivity contribution in [2.24, 2.45) is 5.10 Å². The Bertz CT molecular complexity index is 1310. The molecule has 3 aromatic carbocycles. The van der Waals surface area contributed by atoms with Crippen LogP contribution in [0.3, 0.4) is 0 Å². The summed E-state index contributed by atoms with van der Waals surface area (Å²) in [5.41, 5.74) is 4.44. The Labute approximate surface area is 210 Å². The predicted molar refractivity (Wildman–Crippen MR) is 136 cm³/mol. The van der Waals surface area contributed by atoms with E-state index in [2.05, 4.69) is 10.5 Å². The zero-order valence-corrected chi connectivity index (χ0v) is 21.1. The SMILES string of the molecule is COc1ccc(OC)c(/C=N\NC(=O)CN(Cc2ccccc2Cl)S(=O)(=O)c2ccc(C)cc2)c1. The average Bonchev–Trinajstić information content (AvgIpc) is 2.85. The van der Waals surface area contributed by atoms with Gasteiger partial charge in [0.15, 0.2) is 0 Å². The van der Waals surface area contributed by atoms with Crippen molar-refractivity contribution in [3.05, 3.63) is 88.4 Å². The number of sulfonamides is 1. The van der Waals surface area contributed by atoms with Gasteiger partial charge in [-0.25, -0.2) is 13.8 Å². The number of benzene rings is 3. The van der Waals surface area contributed by atoms with Crippen LogP contribution in [0.1, 0.15) is 16.7 Å². The highest BCUT2D eigenvalue weighted by atomic mass is 35.5. The van der Waals surface area contributed by atoms with Crippen LogP contribution in [-0.4, -0.2) is 45.6 Å². The van der Waals surface area contributed by atoms with Crippen molar-refractivity contribution in [3.8, 4) is 11.5 Å². The summed E-state index contributed by atoms with van der Waals surface area (Å²) in [7, 11) is -0.951. The Morgan fingerprint density at radius 1 is 1.06 bits per heavy atom. The zero-order chi connectivity index (χ0) is 25.4. The van der Waals surface area contributed by atoms with Crippen LogP contribution in [0.15, 0.2) is 76.7 Å². The molecule has 0 saturated heterocycles. The van der Waals surface area contributed by atoms with Gasteiger partial charge >= 0.3 is 0 Å². The van der Waals surface area contributed by atoms with Gasteiger partial charge in [-0.05, 0) is 48.9 Å². The molecule has 0 atom stereocenters. The van der Waals surface area contributed by atoms with Crippen molar-refractivity contribution in [1.29, 1.82) is 0 Å². The first-order chi connectivity index (χ1) is 16.7. The van der Waals surface area contributed by atoms with Gasteiger partial charge in [-0.1, -0.05) is 47.5 Å². The molecule has 35 heavy (non-hydrogen) atoms. The number of nitrogens with zero attached hydrogens (tertiary/aromatic N) is 2. The fourth-order valence-electron chi connectivity index (χ4n) is 3.21. The molecule has 0 aliphatic carbocycles. The smallest absolute Gasteiger partial charge is 0.255 e. The molecule has 0 aliphatic heterocycles. The van der Waals surface area contributed by atoms with Crippen LogP contribution in [0.4, 0.5) is 0 Å². The third-order valence-electron chi connectivity index (χ3n) is 5.11. The Hall–Kier alpha value is -3.40. The van der Waals surface area contributed by atoms with Crippen LogP contribution < -0.4 is 14.9 Å². The molecule has 0 aromatic heterocycles. The first-order valence-corrected chi connectivity index (χ1v) is 12.4. The molecule has 1 N–H and O–H groups in total. The molecule has 0 radical (unpaired) electrons. The van der Waals surface area contributed by atoms with E-state index in [1.54, 1.807) is 54.6 Å². The number of ether oxygens (including phenoxy) is 2. The molecular weight excluding hydrogens is 490 g/mol. The van der Waals surface area contributed by atoms with Crippen molar-refractivity contribution in [2.45, 2.75) is 18.4 Å². The number of nitrogens with one attached hydrogen (secondary N) is 1. The van der Waals surface area contributed by atoms with E-state index in [0.29, 0.717) is 27.6 Å². The van der Waals surface area contributed by atoms with Crippen LogP contribution in [-0.2, 0) is 21.4 Å². The van der Waals surface area contributed by atoms with E-state index < -0.39 is 22.5 Å². The van der Waals surface area contributed by atoms with E-state index >= 15 is 0 Å². The highest BCUT2D eigenvalue weighted by Crippen LogP contribution is 2.23. The number of aryl methyl sites for hydroxylation is 1. The first-order valence-electron chi connectivity index (χ1n) is 10.6. The highest BCUT2D eigenvalue weighted by Gasteiger charge is 2.27. The van der Waals surface area contributed by atoms with Gasteiger partial charge in [0.1, 0.15) is 11.5 Å². The van der Waals surface area contributed by atoms with Gasteiger partial charge in [0.05, 0.1) is 31.9 Å². The molecule has 184 valence electrons. The summed E-state index contributed by atoms with van der Waals surface area (Å²) >= 11 is 6.26. The highest BCUT2D eigenvalue weighted by molar-refractivity contribution is 7.89. The van der Waals surface area contributed by atoms with Crippen molar-refractivity contribution in [3.63, 3.8) is 0 Å². The minimum absolute atomic E-state index is 0.0765. The third-order valence-corrected chi connectivity index (χ3v) is 7.29. The standard InChI is InChI=1S/C25H26ClN3O5S/c1-18-8-11-22(12-9-18)35(31,32)29(16-19-6-4-5-7-23(19)26)17-25(30)28-27-15-20-14-21(33-2)10-13-24(20)34-3/h4-15H,16-17H2,1-3H3,(H,28,30)/b27-15-. The summed E-state index contributed by atoms with van der Waals surface area (Å²) in [6.45, 7) is 1.31. The number of hydrazone groups is 1. The number of methoxy groups -OCH3 is 2. The van der Waals surface area contributed by atoms with Gasteiger partial charge in [-0.15, -0.1) is 0 Å². The van der Waals surface area contributed by atoms with Crippen LogP contribution in [0, 0.1) is 6.92 Å². The van der Waals surface area contributed by atoms with E-state index in [1.807, 2.05) is 6.92 Å². The van der Waals surface area contributed by atoms with Gasteiger partial charge in [0.25, 0.3) is 5.91 Å². The molecule has 10 heteroatoms. The normalized spacial score (nSPS) is 11.6. The Balaban J connectivity index is 1.82. The third kappa shape index (κ3) is 6.82. The molecule has 8 nitrogen and oxygen atoms in total. The van der Waals surface area contributed by atoms with E-state index in [4.69, 9.17) is 21.1 Å². The summed E-state index contributed by atoms with van der Waals surface area (Å²) in [6.07, 6.45) is 1.39. The average molecular weight is 516 g/mol. The van der Waals surface area contributed by atoms with E-state index in [1.165, 1.54) is 32.6 Å². The summed E-state index contributed by atoms with van der Waals surface area (Å²) in [5.74, 6) is 0.505. The summed E-state index contributed by atoms with van der Waals surface area (Å²) < 4.78 is 38.3. The van der Waals surface area contributed by atoms with Gasteiger partial charge < -0.3 is 9.47 Å². The molecule has 0 fully saturated rings. The molecule has 0 spiro atoms. The zero-order valence-electron chi connectivity index (χ0n) is 19.6. The lowest BCUT2D eigenvalue weighted by atomic mass is 10.2. The predicted octanol–water partition coefficient (Wildman–Crippen LogP) is 4.01. The number of hydrogen-bond donors (Lipinski definition) is 1. The minimum atomic E-state index is -4.00. The largest absolute Gasteiger partial charge is 0.497 e. The number of rotatable bonds is 10. The fraction of sp³-hybridized carbons (Fsp3) is 0.200. The molecule has 0 bridgehead atoms. The van der Waals surface area contributed by atoms with Crippen LogP contribution in [0.5, 0.6) is 11.5 Å². The molecule has 0 unspecified atom stereocenters. The number of amides is 1. The van der Waals surface area contributed by atoms with Crippen molar-refractivity contribution in [1.82, 2.24) is 9.73 Å². The molecule has 3 rings (SSSR count). The number of halogens is 1. The monoisotopic (exact) mass is 515 g/mol. The van der Waals surface area contributed by atoms with E-state index in [0.717, 1.165) is 9.87 Å². The van der Waals surface area contributed by atoms with E-state index in [-0.39, 0.29) is 11.4 Å². The second kappa shape index (κ2) is 11.8. The number of carbonyl (C=O) groups is 1. The maximum atomic E-state index is 13.4. The Morgan fingerprint density at radius 2 is 1.77 bits per heavy atom. The summed E-state index contributed by atoms with van der Waals surface area (Å²) in [5, 5.41) is 4.36. The molecule has 3 aromatic rings. The lowest BCUT2D eigenvalue weighted by molar-refractivity contribution is -0.121. The van der Waals surface area contributed by atoms with Crippen LogP contribution >= 0.6 is 11.6 Å². The van der Waals surface area contributed by atoms with Crippen LogP contribution in [0.25, 0.3) is 0 Å². The van der Waals surface area contributed by atoms with E-state index in [9.17, 15) is 13.2 Å². The molecule has 1 amide bonds. The maximum Gasteiger partial charge on any atom is 0.255 e. The number of carbonyl (C=O) groups excluding carboxylic acids is 1. The maximum absolute atomic E-state index is 13.4. The van der Waals surface area contributed by atoms with Crippen LogP contribution in [0.2, 0.25) is 5.02 Å². The fourth-order valence-corrected chi connectivity index (χ4v) is 4.78. The summed E-state index contributed by atoms with van der Waals surface area (Å²) in [4.78, 5) is 12.8. The molecule has 0 aliphatic rings. The lowest BCUT2D eigenvalue weighted by Gasteiger charge is -2.22. The molecule has 0 heterocycles. The van der Waals surface area contributed by atoms with Gasteiger partial charge in [0.2, 0.25) is 10.0 Å². The molecule has 0 saturated carbocycles. The number of hydrogen-bond acceptors (Lipinski definition) is 6. The quantitative estimate of drug-likeness (QED) is 0.325. The Morgan fingerprint density at radius 3 is 2.43 bits per heavy atom. The van der Waals surface area contributed by atoms with Gasteiger partial charge in [0, 0.05) is 17.1 Å². The second-order valence-corrected chi connectivity index (χ2v) is 9.92. The minimum Gasteiger partial charge on any atom is -0.497 e. The van der Waals surface area contributed by atoms with Gasteiger partial charge in [-0.2, -0.15) is 9.41 Å². The van der Waals surface area contributed by atoms with Crippen molar-refractivity contribution >= 4 is 33.7 Å². The van der Waals surface area contributed by atoms with Crippen molar-refractivity contribution < 1.29 is 22.7 Å². The lowest BCUT2D eigenvalue weighted by Crippen LogP contribution is -2.39. The molecular formula is C25H26ClN3O5S. The van der Waals surface area contributed by atoms with Gasteiger partial charge in [-0.3, -0.25) is 4.79 Å². The first kappa shape index (κ1) is 26.2. The van der Waals surface area contributed by atoms with Crippen molar-refractivity contribution in [2.75, 3.05) is 20.8 Å². The topological polar surface area (TPSA) is 97.3 Å².